The van der Waals surface area contributed by atoms with Crippen LogP contribution in [0.4, 0.5) is 5.95 Å². The zero-order chi connectivity index (χ0) is 19.3. The van der Waals surface area contributed by atoms with Crippen LogP contribution in [0, 0.1) is 0 Å². The number of aromatic nitrogens is 4. The quantitative estimate of drug-likeness (QED) is 0.783. The first-order valence-corrected chi connectivity index (χ1v) is 8.46. The lowest BCUT2D eigenvalue weighted by Crippen LogP contribution is -2.40. The summed E-state index contributed by atoms with van der Waals surface area (Å²) in [5.74, 6) is 0.543. The molecule has 0 bridgehead atoms. The predicted octanol–water partition coefficient (Wildman–Crippen LogP) is 1.81. The largest absolute Gasteiger partial charge is 0.332 e. The fourth-order valence-corrected chi connectivity index (χ4v) is 3.15. The Bertz CT molecular complexity index is 1080. The Morgan fingerprint density at radius 2 is 1.77 bits per heavy atom. The van der Waals surface area contributed by atoms with Crippen molar-refractivity contribution in [1.82, 2.24) is 18.7 Å². The Balaban J connectivity index is 2.40. The second-order valence-electron chi connectivity index (χ2n) is 7.08. The van der Waals surface area contributed by atoms with Gasteiger partial charge in [-0.15, -0.1) is 0 Å². The summed E-state index contributed by atoms with van der Waals surface area (Å²) < 4.78 is 4.47. The van der Waals surface area contributed by atoms with E-state index in [0.717, 1.165) is 16.9 Å². The molecule has 0 radical (unpaired) electrons. The van der Waals surface area contributed by atoms with E-state index >= 15 is 0 Å². The average molecular weight is 356 g/mol. The Labute approximate surface area is 151 Å². The molecular weight excluding hydrogens is 332 g/mol. The maximum atomic E-state index is 13.1. The number of fused-ring (bicyclic) bond motifs is 3. The zero-order valence-corrected chi connectivity index (χ0v) is 15.9. The second kappa shape index (κ2) is 6.12. The van der Waals surface area contributed by atoms with Gasteiger partial charge in [0.05, 0.1) is 24.8 Å². The van der Waals surface area contributed by atoms with Crippen molar-refractivity contribution in [1.29, 1.82) is 0 Å². The number of hydrogen-bond acceptors (Lipinski definition) is 5. The number of hydrogen-bond donors (Lipinski definition) is 0. The third kappa shape index (κ3) is 2.61. The highest BCUT2D eigenvalue weighted by atomic mass is 16.2. The SMILES string of the molecule is C=C(C)CN1N=C(C)[C@H](C)n2c1nc1c2c(=O)n(CC(=C)C)c(=O)n1C. The summed E-state index contributed by atoms with van der Waals surface area (Å²) >= 11 is 0. The fraction of sp³-hybridized carbons (Fsp3) is 0.444. The molecule has 8 nitrogen and oxygen atoms in total. The Hall–Kier alpha value is -2.90. The third-order valence-corrected chi connectivity index (χ3v) is 4.51. The highest BCUT2D eigenvalue weighted by molar-refractivity contribution is 5.91. The van der Waals surface area contributed by atoms with E-state index in [1.54, 1.807) is 19.0 Å². The van der Waals surface area contributed by atoms with Crippen LogP contribution in [-0.2, 0) is 13.6 Å². The average Bonchev–Trinajstić information content (AvgIpc) is 2.95. The van der Waals surface area contributed by atoms with Crippen LogP contribution in [-0.4, -0.2) is 30.9 Å². The number of imidazole rings is 1. The van der Waals surface area contributed by atoms with Crippen molar-refractivity contribution >= 4 is 22.8 Å². The second-order valence-corrected chi connectivity index (χ2v) is 7.08. The van der Waals surface area contributed by atoms with Gasteiger partial charge in [0.15, 0.2) is 11.2 Å². The maximum Gasteiger partial charge on any atom is 0.332 e. The molecule has 1 atom stereocenters. The molecule has 1 aliphatic rings. The number of allylic oxidation sites excluding steroid dienone is 1. The topological polar surface area (TPSA) is 77.4 Å². The van der Waals surface area contributed by atoms with E-state index in [9.17, 15) is 9.59 Å². The van der Waals surface area contributed by atoms with Gasteiger partial charge < -0.3 is 0 Å². The molecule has 8 heteroatoms. The lowest BCUT2D eigenvalue weighted by Gasteiger charge is -2.29. The molecule has 1 aliphatic heterocycles. The lowest BCUT2D eigenvalue weighted by atomic mass is 10.2. The van der Waals surface area contributed by atoms with E-state index in [1.807, 2.05) is 25.3 Å². The maximum absolute atomic E-state index is 13.1. The van der Waals surface area contributed by atoms with Crippen LogP contribution in [0.2, 0.25) is 0 Å². The van der Waals surface area contributed by atoms with Gasteiger partial charge in [0.25, 0.3) is 5.56 Å². The van der Waals surface area contributed by atoms with Crippen LogP contribution in [0.3, 0.4) is 0 Å². The molecule has 0 N–H and O–H groups in total. The highest BCUT2D eigenvalue weighted by Gasteiger charge is 2.30. The number of hydrazone groups is 1. The minimum Gasteiger partial charge on any atom is -0.294 e. The van der Waals surface area contributed by atoms with Crippen LogP contribution in [0.15, 0.2) is 39.0 Å². The zero-order valence-electron chi connectivity index (χ0n) is 15.9. The van der Waals surface area contributed by atoms with E-state index in [1.165, 1.54) is 9.13 Å². The van der Waals surface area contributed by atoms with Crippen LogP contribution < -0.4 is 16.3 Å². The summed E-state index contributed by atoms with van der Waals surface area (Å²) in [5.41, 5.74) is 2.50. The molecule has 0 unspecified atom stereocenters. The predicted molar refractivity (Wildman–Crippen MR) is 104 cm³/mol. The highest BCUT2D eigenvalue weighted by Crippen LogP contribution is 2.30. The summed E-state index contributed by atoms with van der Waals surface area (Å²) in [6, 6.07) is -0.139. The number of anilines is 1. The van der Waals surface area contributed by atoms with Gasteiger partial charge in [-0.2, -0.15) is 10.1 Å². The van der Waals surface area contributed by atoms with Crippen molar-refractivity contribution < 1.29 is 0 Å². The fourth-order valence-electron chi connectivity index (χ4n) is 3.15. The molecule has 0 aliphatic carbocycles. The number of rotatable bonds is 4. The molecule has 138 valence electrons. The Morgan fingerprint density at radius 1 is 1.15 bits per heavy atom. The minimum atomic E-state index is -0.405. The third-order valence-electron chi connectivity index (χ3n) is 4.51. The first-order valence-electron chi connectivity index (χ1n) is 8.46. The van der Waals surface area contributed by atoms with Gasteiger partial charge in [-0.25, -0.2) is 9.80 Å². The molecule has 0 saturated carbocycles. The standard InChI is InChI=1S/C18H24N6O2/c1-10(2)8-22-16(25)14-15(21(7)18(22)26)19-17-23(9-11(3)4)20-12(5)13(6)24(14)17/h13H,1,3,8-9H2,2,4-7H3/t13-/m0/s1. The van der Waals surface area contributed by atoms with E-state index < -0.39 is 5.69 Å². The molecule has 0 saturated heterocycles. The summed E-state index contributed by atoms with van der Waals surface area (Å²) in [4.78, 5) is 30.3. The van der Waals surface area contributed by atoms with Crippen molar-refractivity contribution in [2.45, 2.75) is 40.3 Å². The van der Waals surface area contributed by atoms with Crippen molar-refractivity contribution in [3.05, 3.63) is 45.1 Å². The van der Waals surface area contributed by atoms with E-state index in [4.69, 9.17) is 0 Å². The Kier molecular flexibility index (Phi) is 4.21. The molecule has 3 rings (SSSR count). The smallest absolute Gasteiger partial charge is 0.294 e. The van der Waals surface area contributed by atoms with E-state index in [0.29, 0.717) is 23.7 Å². The van der Waals surface area contributed by atoms with Crippen LogP contribution in [0.1, 0.15) is 33.7 Å². The van der Waals surface area contributed by atoms with Crippen molar-refractivity contribution in [2.24, 2.45) is 12.1 Å². The summed E-state index contributed by atoms with van der Waals surface area (Å²) in [6.07, 6.45) is 0. The van der Waals surface area contributed by atoms with Gasteiger partial charge in [-0.1, -0.05) is 24.3 Å². The normalized spacial score (nSPS) is 16.6. The first-order chi connectivity index (χ1) is 12.1. The summed E-state index contributed by atoms with van der Waals surface area (Å²) in [5, 5.41) is 6.31. The van der Waals surface area contributed by atoms with Crippen molar-refractivity contribution in [3.8, 4) is 0 Å². The molecule has 0 aromatic carbocycles. The molecule has 3 heterocycles. The van der Waals surface area contributed by atoms with Crippen molar-refractivity contribution in [3.63, 3.8) is 0 Å². The van der Waals surface area contributed by atoms with Gasteiger partial charge in [0.2, 0.25) is 5.95 Å². The van der Waals surface area contributed by atoms with E-state index in [-0.39, 0.29) is 18.1 Å². The van der Waals surface area contributed by atoms with Crippen molar-refractivity contribution in [2.75, 3.05) is 11.6 Å². The number of aryl methyl sites for hydroxylation is 1. The molecule has 2 aromatic rings. The van der Waals surface area contributed by atoms with Gasteiger partial charge in [0.1, 0.15) is 0 Å². The van der Waals surface area contributed by atoms with E-state index in [2.05, 4.69) is 23.2 Å². The van der Waals surface area contributed by atoms with Gasteiger partial charge in [0, 0.05) is 7.05 Å². The van der Waals surface area contributed by atoms with Crippen LogP contribution in [0.5, 0.6) is 0 Å². The molecular formula is C18H24N6O2. The molecule has 0 fully saturated rings. The monoisotopic (exact) mass is 356 g/mol. The summed E-state index contributed by atoms with van der Waals surface area (Å²) in [7, 11) is 1.62. The number of nitrogens with zero attached hydrogens (tertiary/aromatic N) is 6. The first kappa shape index (κ1) is 17.9. The minimum absolute atomic E-state index is 0.139. The molecule has 0 spiro atoms. The molecule has 0 amide bonds. The van der Waals surface area contributed by atoms with Gasteiger partial charge >= 0.3 is 5.69 Å². The Morgan fingerprint density at radius 3 is 2.35 bits per heavy atom. The summed E-state index contributed by atoms with van der Waals surface area (Å²) in [6.45, 7) is 16.0. The van der Waals surface area contributed by atoms with Crippen LogP contribution in [0.25, 0.3) is 11.2 Å². The van der Waals surface area contributed by atoms with Gasteiger partial charge in [-0.05, 0) is 27.7 Å². The lowest BCUT2D eigenvalue weighted by molar-refractivity contribution is 0.630. The van der Waals surface area contributed by atoms with Gasteiger partial charge in [-0.3, -0.25) is 18.5 Å². The van der Waals surface area contributed by atoms with Crippen LogP contribution >= 0.6 is 0 Å². The molecule has 26 heavy (non-hydrogen) atoms. The molecule has 2 aromatic heterocycles.